The number of halogens is 1. The van der Waals surface area contributed by atoms with E-state index >= 15 is 0 Å². The highest BCUT2D eigenvalue weighted by molar-refractivity contribution is 6.31. The molecule has 2 heterocycles. The van der Waals surface area contributed by atoms with Crippen molar-refractivity contribution >= 4 is 34.4 Å². The Kier molecular flexibility index (Phi) is 5.67. The standard InChI is InChI=1S/C22H21ClN2O4/c1-14-2-4-15(5-3-14)20-21(27)17-12-16(23)6-7-18(17)29-22(20)24-19(26)13-25-8-10-28-11-9-25/h2-7,12H,8-11,13H2,1H3,(H,24,26). The molecule has 150 valence electrons. The van der Waals surface area contributed by atoms with E-state index in [4.69, 9.17) is 20.8 Å². The van der Waals surface area contributed by atoms with Crippen molar-refractivity contribution in [3.05, 3.63) is 63.3 Å². The molecule has 1 saturated heterocycles. The van der Waals surface area contributed by atoms with Gasteiger partial charge in [-0.2, -0.15) is 0 Å². The average molecular weight is 413 g/mol. The zero-order chi connectivity index (χ0) is 20.4. The van der Waals surface area contributed by atoms with E-state index in [-0.39, 0.29) is 23.8 Å². The summed E-state index contributed by atoms with van der Waals surface area (Å²) in [5.41, 5.74) is 2.19. The maximum atomic E-state index is 13.3. The third-order valence-corrected chi connectivity index (χ3v) is 5.15. The van der Waals surface area contributed by atoms with Gasteiger partial charge in [0.05, 0.1) is 30.7 Å². The van der Waals surface area contributed by atoms with E-state index in [0.29, 0.717) is 53.4 Å². The second-order valence-electron chi connectivity index (χ2n) is 7.08. The molecule has 1 aliphatic heterocycles. The SMILES string of the molecule is Cc1ccc(-c2c(NC(=O)CN3CCOCC3)oc3ccc(Cl)cc3c2=O)cc1. The quantitative estimate of drug-likeness (QED) is 0.707. The number of aryl methyl sites for hydroxylation is 1. The minimum atomic E-state index is -0.239. The smallest absolute Gasteiger partial charge is 0.240 e. The van der Waals surface area contributed by atoms with E-state index in [1.54, 1.807) is 18.2 Å². The van der Waals surface area contributed by atoms with E-state index in [2.05, 4.69) is 5.32 Å². The number of rotatable bonds is 4. The first-order valence-corrected chi connectivity index (χ1v) is 9.82. The Morgan fingerprint density at radius 3 is 2.59 bits per heavy atom. The molecule has 3 aromatic rings. The van der Waals surface area contributed by atoms with Crippen LogP contribution in [0.4, 0.5) is 5.88 Å². The number of benzene rings is 2. The van der Waals surface area contributed by atoms with Gasteiger partial charge in [-0.1, -0.05) is 41.4 Å². The molecule has 1 aliphatic rings. The minimum Gasteiger partial charge on any atom is -0.439 e. The van der Waals surface area contributed by atoms with E-state index in [9.17, 15) is 9.59 Å². The normalized spacial score (nSPS) is 14.8. The van der Waals surface area contributed by atoms with Crippen LogP contribution in [0, 0.1) is 6.92 Å². The summed E-state index contributed by atoms with van der Waals surface area (Å²) in [6, 6.07) is 12.4. The van der Waals surface area contributed by atoms with Crippen LogP contribution in [0.2, 0.25) is 5.02 Å². The highest BCUT2D eigenvalue weighted by Crippen LogP contribution is 2.30. The molecule has 0 aliphatic carbocycles. The molecule has 0 spiro atoms. The monoisotopic (exact) mass is 412 g/mol. The second-order valence-corrected chi connectivity index (χ2v) is 7.51. The van der Waals surface area contributed by atoms with Crippen molar-refractivity contribution in [2.75, 3.05) is 38.2 Å². The Morgan fingerprint density at radius 1 is 1.14 bits per heavy atom. The van der Waals surface area contributed by atoms with Crippen LogP contribution in [0.3, 0.4) is 0 Å². The van der Waals surface area contributed by atoms with Gasteiger partial charge in [0.25, 0.3) is 0 Å². The first-order valence-electron chi connectivity index (χ1n) is 9.44. The zero-order valence-electron chi connectivity index (χ0n) is 16.0. The highest BCUT2D eigenvalue weighted by Gasteiger charge is 2.20. The van der Waals surface area contributed by atoms with Crippen molar-refractivity contribution in [1.82, 2.24) is 4.90 Å². The number of hydrogen-bond acceptors (Lipinski definition) is 5. The van der Waals surface area contributed by atoms with Gasteiger partial charge in [0.1, 0.15) is 5.58 Å². The van der Waals surface area contributed by atoms with Crippen LogP contribution in [-0.4, -0.2) is 43.7 Å². The van der Waals surface area contributed by atoms with Crippen LogP contribution in [0.25, 0.3) is 22.1 Å². The fourth-order valence-electron chi connectivity index (χ4n) is 3.37. The molecule has 0 atom stereocenters. The largest absolute Gasteiger partial charge is 0.439 e. The first-order chi connectivity index (χ1) is 14.0. The van der Waals surface area contributed by atoms with Crippen molar-refractivity contribution in [2.45, 2.75) is 6.92 Å². The van der Waals surface area contributed by atoms with Gasteiger partial charge in [0, 0.05) is 18.1 Å². The zero-order valence-corrected chi connectivity index (χ0v) is 16.8. The number of carbonyl (C=O) groups is 1. The predicted molar refractivity (Wildman–Crippen MR) is 114 cm³/mol. The fourth-order valence-corrected chi connectivity index (χ4v) is 3.54. The van der Waals surface area contributed by atoms with Crippen LogP contribution in [-0.2, 0) is 9.53 Å². The first kappa shape index (κ1) is 19.6. The summed E-state index contributed by atoms with van der Waals surface area (Å²) in [4.78, 5) is 27.9. The van der Waals surface area contributed by atoms with E-state index in [1.807, 2.05) is 36.1 Å². The Bertz CT molecular complexity index is 1100. The number of nitrogens with zero attached hydrogens (tertiary/aromatic N) is 1. The van der Waals surface area contributed by atoms with Gasteiger partial charge < -0.3 is 9.15 Å². The molecule has 0 saturated carbocycles. The summed E-state index contributed by atoms with van der Waals surface area (Å²) < 4.78 is 11.3. The van der Waals surface area contributed by atoms with Crippen molar-refractivity contribution < 1.29 is 13.9 Å². The molecule has 7 heteroatoms. The highest BCUT2D eigenvalue weighted by atomic mass is 35.5. The van der Waals surface area contributed by atoms with Gasteiger partial charge in [-0.05, 0) is 30.7 Å². The Labute approximate surface area is 173 Å². The number of carbonyl (C=O) groups excluding carboxylic acids is 1. The van der Waals surface area contributed by atoms with Crippen LogP contribution < -0.4 is 10.7 Å². The molecule has 1 fully saturated rings. The van der Waals surface area contributed by atoms with E-state index < -0.39 is 0 Å². The summed E-state index contributed by atoms with van der Waals surface area (Å²) in [6.45, 7) is 4.77. The van der Waals surface area contributed by atoms with Gasteiger partial charge in [0.15, 0.2) is 0 Å². The van der Waals surface area contributed by atoms with Crippen LogP contribution in [0.1, 0.15) is 5.56 Å². The molecule has 1 aromatic heterocycles. The molecule has 4 rings (SSSR count). The van der Waals surface area contributed by atoms with Gasteiger partial charge in [-0.15, -0.1) is 0 Å². The lowest BCUT2D eigenvalue weighted by atomic mass is 10.0. The number of nitrogens with one attached hydrogen (secondary N) is 1. The van der Waals surface area contributed by atoms with Gasteiger partial charge in [0.2, 0.25) is 17.2 Å². The van der Waals surface area contributed by atoms with Gasteiger partial charge in [-0.25, -0.2) is 0 Å². The molecule has 0 bridgehead atoms. The number of anilines is 1. The van der Waals surface area contributed by atoms with Crippen molar-refractivity contribution in [3.63, 3.8) is 0 Å². The molecule has 0 radical (unpaired) electrons. The lowest BCUT2D eigenvalue weighted by Crippen LogP contribution is -2.41. The van der Waals surface area contributed by atoms with E-state index in [1.165, 1.54) is 0 Å². The Morgan fingerprint density at radius 2 is 1.86 bits per heavy atom. The molecular formula is C22H21ClN2O4. The number of ether oxygens (including phenoxy) is 1. The lowest BCUT2D eigenvalue weighted by molar-refractivity contribution is -0.118. The number of amides is 1. The topological polar surface area (TPSA) is 71.8 Å². The number of fused-ring (bicyclic) bond motifs is 1. The van der Waals surface area contributed by atoms with Crippen LogP contribution in [0.15, 0.2) is 51.7 Å². The van der Waals surface area contributed by atoms with Crippen LogP contribution >= 0.6 is 11.6 Å². The third-order valence-electron chi connectivity index (χ3n) is 4.92. The van der Waals surface area contributed by atoms with Crippen molar-refractivity contribution in [2.24, 2.45) is 0 Å². The summed E-state index contributed by atoms with van der Waals surface area (Å²) in [5.74, 6) is -0.0938. The molecule has 29 heavy (non-hydrogen) atoms. The number of hydrogen-bond donors (Lipinski definition) is 1. The molecule has 1 amide bonds. The molecule has 6 nitrogen and oxygen atoms in total. The maximum Gasteiger partial charge on any atom is 0.240 e. The van der Waals surface area contributed by atoms with E-state index in [0.717, 1.165) is 5.56 Å². The summed E-state index contributed by atoms with van der Waals surface area (Å²) >= 11 is 6.08. The molecule has 1 N–H and O–H groups in total. The molecule has 0 unspecified atom stereocenters. The van der Waals surface area contributed by atoms with Crippen molar-refractivity contribution in [1.29, 1.82) is 0 Å². The summed E-state index contributed by atoms with van der Waals surface area (Å²) in [6.07, 6.45) is 0. The Balaban J connectivity index is 1.75. The summed E-state index contributed by atoms with van der Waals surface area (Å²) in [7, 11) is 0. The van der Waals surface area contributed by atoms with Crippen LogP contribution in [0.5, 0.6) is 0 Å². The molecular weight excluding hydrogens is 392 g/mol. The fraction of sp³-hybridized carbons (Fsp3) is 0.273. The third kappa shape index (κ3) is 4.34. The predicted octanol–water partition coefficient (Wildman–Crippen LogP) is 3.69. The summed E-state index contributed by atoms with van der Waals surface area (Å²) in [5, 5.41) is 3.62. The number of morpholine rings is 1. The average Bonchev–Trinajstić information content (AvgIpc) is 2.71. The lowest BCUT2D eigenvalue weighted by Gasteiger charge is -2.25. The van der Waals surface area contributed by atoms with Crippen molar-refractivity contribution in [3.8, 4) is 11.1 Å². The van der Waals surface area contributed by atoms with Gasteiger partial charge >= 0.3 is 0 Å². The second kappa shape index (κ2) is 8.37. The van der Waals surface area contributed by atoms with Gasteiger partial charge in [-0.3, -0.25) is 19.8 Å². The Hall–Kier alpha value is -2.67. The minimum absolute atomic E-state index is 0.145. The molecule has 2 aromatic carbocycles. The maximum absolute atomic E-state index is 13.3.